The molecule has 1 fully saturated rings. The second kappa shape index (κ2) is 6.86. The molecule has 1 aliphatic rings. The smallest absolute Gasteiger partial charge is 0.0544 e. The van der Waals surface area contributed by atoms with Crippen molar-refractivity contribution < 1.29 is 0 Å². The largest absolute Gasteiger partial charge is 0.312 e. The van der Waals surface area contributed by atoms with Crippen LogP contribution in [0.3, 0.4) is 0 Å². The minimum atomic E-state index is 0.701. The van der Waals surface area contributed by atoms with Crippen LogP contribution in [0.15, 0.2) is 18.3 Å². The van der Waals surface area contributed by atoms with Crippen molar-refractivity contribution in [1.29, 1.82) is 0 Å². The molecule has 0 spiro atoms. The van der Waals surface area contributed by atoms with Crippen LogP contribution in [0.4, 0.5) is 0 Å². The predicted molar refractivity (Wildman–Crippen MR) is 75.3 cm³/mol. The first-order valence-corrected chi connectivity index (χ1v) is 7.11. The van der Waals surface area contributed by atoms with Crippen molar-refractivity contribution in [3.63, 3.8) is 0 Å². The van der Waals surface area contributed by atoms with Gasteiger partial charge in [-0.15, -0.1) is 0 Å². The Morgan fingerprint density at radius 3 is 2.67 bits per heavy atom. The first kappa shape index (κ1) is 13.5. The number of pyridine rings is 1. The first-order chi connectivity index (χ1) is 8.74. The molecule has 1 saturated heterocycles. The van der Waals surface area contributed by atoms with Crippen LogP contribution >= 0.6 is 0 Å². The maximum Gasteiger partial charge on any atom is 0.0544 e. The van der Waals surface area contributed by atoms with Gasteiger partial charge in [0.15, 0.2) is 0 Å². The third-order valence-corrected chi connectivity index (χ3v) is 3.35. The van der Waals surface area contributed by atoms with Crippen molar-refractivity contribution in [3.05, 3.63) is 29.6 Å². The summed E-state index contributed by atoms with van der Waals surface area (Å²) in [5.41, 5.74) is 2.48. The lowest BCUT2D eigenvalue weighted by atomic mass is 10.2. The Hall–Kier alpha value is -0.930. The molecule has 0 aliphatic carbocycles. The van der Waals surface area contributed by atoms with Crippen LogP contribution in [0, 0.1) is 5.92 Å². The molecule has 2 heterocycles. The van der Waals surface area contributed by atoms with E-state index in [1.54, 1.807) is 0 Å². The summed E-state index contributed by atoms with van der Waals surface area (Å²) < 4.78 is 0. The Morgan fingerprint density at radius 2 is 2.06 bits per heavy atom. The van der Waals surface area contributed by atoms with E-state index in [2.05, 4.69) is 41.2 Å². The Morgan fingerprint density at radius 1 is 1.28 bits per heavy atom. The van der Waals surface area contributed by atoms with Crippen molar-refractivity contribution in [1.82, 2.24) is 15.2 Å². The topological polar surface area (TPSA) is 28.2 Å². The Kier molecular flexibility index (Phi) is 5.14. The van der Waals surface area contributed by atoms with E-state index in [0.29, 0.717) is 5.92 Å². The molecule has 0 bridgehead atoms. The van der Waals surface area contributed by atoms with E-state index in [1.165, 1.54) is 37.2 Å². The summed E-state index contributed by atoms with van der Waals surface area (Å²) in [5.74, 6) is 0.701. The van der Waals surface area contributed by atoms with Crippen molar-refractivity contribution in [3.8, 4) is 0 Å². The Bertz CT molecular complexity index is 339. The summed E-state index contributed by atoms with van der Waals surface area (Å²) in [5, 5.41) is 3.44. The molecule has 0 aromatic carbocycles. The van der Waals surface area contributed by atoms with Crippen molar-refractivity contribution >= 4 is 0 Å². The SMILES string of the molecule is CC(C)CNCc1ccc(CN2CCCC2)nc1. The molecular formula is C15H25N3. The summed E-state index contributed by atoms with van der Waals surface area (Å²) in [6.07, 6.45) is 4.70. The molecule has 0 radical (unpaired) electrons. The van der Waals surface area contributed by atoms with E-state index in [-0.39, 0.29) is 0 Å². The second-order valence-electron chi connectivity index (χ2n) is 5.67. The lowest BCUT2D eigenvalue weighted by molar-refractivity contribution is 0.327. The molecule has 3 heteroatoms. The average Bonchev–Trinajstić information content (AvgIpc) is 2.84. The quantitative estimate of drug-likeness (QED) is 0.837. The minimum absolute atomic E-state index is 0.701. The van der Waals surface area contributed by atoms with Gasteiger partial charge in [-0.05, 0) is 50.0 Å². The van der Waals surface area contributed by atoms with Gasteiger partial charge < -0.3 is 5.32 Å². The Labute approximate surface area is 111 Å². The summed E-state index contributed by atoms with van der Waals surface area (Å²) in [6.45, 7) is 9.93. The fraction of sp³-hybridized carbons (Fsp3) is 0.667. The molecule has 0 atom stereocenters. The lowest BCUT2D eigenvalue weighted by Crippen LogP contribution is -2.20. The van der Waals surface area contributed by atoms with Crippen LogP contribution in [0.5, 0.6) is 0 Å². The normalized spacial score (nSPS) is 16.6. The molecule has 0 unspecified atom stereocenters. The van der Waals surface area contributed by atoms with Crippen LogP contribution in [0.1, 0.15) is 37.9 Å². The average molecular weight is 247 g/mol. The van der Waals surface area contributed by atoms with Gasteiger partial charge in [0.1, 0.15) is 0 Å². The number of hydrogen-bond acceptors (Lipinski definition) is 3. The van der Waals surface area contributed by atoms with Gasteiger partial charge in [0.2, 0.25) is 0 Å². The van der Waals surface area contributed by atoms with E-state index >= 15 is 0 Å². The first-order valence-electron chi connectivity index (χ1n) is 7.11. The van der Waals surface area contributed by atoms with E-state index in [9.17, 15) is 0 Å². The highest BCUT2D eigenvalue weighted by atomic mass is 15.1. The molecule has 3 nitrogen and oxygen atoms in total. The standard InChI is InChI=1S/C15H25N3/c1-13(2)9-16-10-14-5-6-15(17-11-14)12-18-7-3-4-8-18/h5-6,11,13,16H,3-4,7-10,12H2,1-2H3. The summed E-state index contributed by atoms with van der Waals surface area (Å²) >= 11 is 0. The monoisotopic (exact) mass is 247 g/mol. The van der Waals surface area contributed by atoms with Gasteiger partial charge in [-0.3, -0.25) is 9.88 Å². The highest BCUT2D eigenvalue weighted by Crippen LogP contribution is 2.11. The number of likely N-dealkylation sites (tertiary alicyclic amines) is 1. The zero-order chi connectivity index (χ0) is 12.8. The van der Waals surface area contributed by atoms with Gasteiger partial charge >= 0.3 is 0 Å². The van der Waals surface area contributed by atoms with Gasteiger partial charge in [-0.25, -0.2) is 0 Å². The molecule has 1 aromatic heterocycles. The van der Waals surface area contributed by atoms with E-state index < -0.39 is 0 Å². The predicted octanol–water partition coefficient (Wildman–Crippen LogP) is 2.42. The molecule has 0 saturated carbocycles. The molecule has 1 N–H and O–H groups in total. The minimum Gasteiger partial charge on any atom is -0.312 e. The number of hydrogen-bond donors (Lipinski definition) is 1. The lowest BCUT2D eigenvalue weighted by Gasteiger charge is -2.14. The van der Waals surface area contributed by atoms with Crippen LogP contribution in [0.2, 0.25) is 0 Å². The highest BCUT2D eigenvalue weighted by molar-refractivity contribution is 5.14. The third-order valence-electron chi connectivity index (χ3n) is 3.35. The summed E-state index contributed by atoms with van der Waals surface area (Å²) in [4.78, 5) is 7.04. The summed E-state index contributed by atoms with van der Waals surface area (Å²) in [7, 11) is 0. The van der Waals surface area contributed by atoms with Crippen molar-refractivity contribution in [2.75, 3.05) is 19.6 Å². The molecule has 2 rings (SSSR count). The number of rotatable bonds is 6. The molecule has 0 amide bonds. The third kappa shape index (κ3) is 4.39. The molecule has 100 valence electrons. The van der Waals surface area contributed by atoms with Gasteiger partial charge in [0, 0.05) is 19.3 Å². The van der Waals surface area contributed by atoms with Crippen LogP contribution in [0.25, 0.3) is 0 Å². The van der Waals surface area contributed by atoms with Gasteiger partial charge in [-0.1, -0.05) is 19.9 Å². The van der Waals surface area contributed by atoms with Crippen LogP contribution in [-0.4, -0.2) is 29.5 Å². The number of nitrogens with one attached hydrogen (secondary N) is 1. The van der Waals surface area contributed by atoms with Crippen LogP contribution in [-0.2, 0) is 13.1 Å². The van der Waals surface area contributed by atoms with Gasteiger partial charge in [-0.2, -0.15) is 0 Å². The van der Waals surface area contributed by atoms with E-state index in [1.807, 2.05) is 6.20 Å². The Balaban J connectivity index is 1.77. The zero-order valence-electron chi connectivity index (χ0n) is 11.7. The fourth-order valence-electron chi connectivity index (χ4n) is 2.33. The molecular weight excluding hydrogens is 222 g/mol. The molecule has 1 aliphatic heterocycles. The van der Waals surface area contributed by atoms with Gasteiger partial charge in [0.25, 0.3) is 0 Å². The van der Waals surface area contributed by atoms with Gasteiger partial charge in [0.05, 0.1) is 5.69 Å². The molecule has 18 heavy (non-hydrogen) atoms. The maximum atomic E-state index is 4.56. The van der Waals surface area contributed by atoms with Crippen molar-refractivity contribution in [2.45, 2.75) is 39.8 Å². The van der Waals surface area contributed by atoms with Crippen molar-refractivity contribution in [2.24, 2.45) is 5.92 Å². The maximum absolute atomic E-state index is 4.56. The highest BCUT2D eigenvalue weighted by Gasteiger charge is 2.11. The van der Waals surface area contributed by atoms with E-state index in [0.717, 1.165) is 19.6 Å². The van der Waals surface area contributed by atoms with E-state index in [4.69, 9.17) is 0 Å². The summed E-state index contributed by atoms with van der Waals surface area (Å²) in [6, 6.07) is 4.37. The fourth-order valence-corrected chi connectivity index (χ4v) is 2.33. The molecule has 1 aromatic rings. The number of aromatic nitrogens is 1. The van der Waals surface area contributed by atoms with Crippen LogP contribution < -0.4 is 5.32 Å². The zero-order valence-corrected chi connectivity index (χ0v) is 11.7. The number of nitrogens with zero attached hydrogens (tertiary/aromatic N) is 2. The second-order valence-corrected chi connectivity index (χ2v) is 5.67.